The number of hydrogen-bond acceptors (Lipinski definition) is 7. The molecule has 9 heteroatoms. The molecule has 0 fully saturated rings. The van der Waals surface area contributed by atoms with E-state index in [1.54, 1.807) is 30.3 Å². The van der Waals surface area contributed by atoms with Crippen LogP contribution in [0.5, 0.6) is 0 Å². The average molecular weight is 368 g/mol. The molecule has 0 spiro atoms. The van der Waals surface area contributed by atoms with Crippen LogP contribution in [-0.2, 0) is 0 Å². The zero-order chi connectivity index (χ0) is 18.7. The van der Waals surface area contributed by atoms with Crippen molar-refractivity contribution in [2.75, 3.05) is 5.73 Å². The molecule has 26 heavy (non-hydrogen) atoms. The van der Waals surface area contributed by atoms with E-state index in [4.69, 9.17) is 5.73 Å². The summed E-state index contributed by atoms with van der Waals surface area (Å²) in [5.41, 5.74) is 5.42. The Morgan fingerprint density at radius 1 is 1.12 bits per heavy atom. The van der Waals surface area contributed by atoms with E-state index in [1.807, 2.05) is 0 Å². The summed E-state index contributed by atoms with van der Waals surface area (Å²) in [6.45, 7) is 0. The van der Waals surface area contributed by atoms with Crippen LogP contribution in [0.15, 0.2) is 69.4 Å². The fourth-order valence-electron chi connectivity index (χ4n) is 2.25. The molecule has 2 aromatic carbocycles. The van der Waals surface area contributed by atoms with Crippen LogP contribution in [0, 0.1) is 10.1 Å². The van der Waals surface area contributed by atoms with Gasteiger partial charge in [0.1, 0.15) is 5.82 Å². The number of carbonyl (C=O) groups excluding carboxylic acids is 1. The lowest BCUT2D eigenvalue weighted by Crippen LogP contribution is -2.09. The van der Waals surface area contributed by atoms with Gasteiger partial charge in [-0.3, -0.25) is 19.7 Å². The molecule has 0 unspecified atom stereocenters. The predicted molar refractivity (Wildman–Crippen MR) is 96.4 cm³/mol. The van der Waals surface area contributed by atoms with Crippen molar-refractivity contribution < 1.29 is 9.72 Å². The number of carbonyl (C=O) groups is 1. The SMILES string of the molecule is Nc1cc(=O)[nH]c(Sc2ccc(C(=O)c3ccccc3)cc2[N+](=O)[O-])n1. The first-order valence-electron chi connectivity index (χ1n) is 7.37. The fourth-order valence-corrected chi connectivity index (χ4v) is 3.13. The smallest absolute Gasteiger partial charge is 0.284 e. The van der Waals surface area contributed by atoms with Gasteiger partial charge in [0.25, 0.3) is 11.2 Å². The highest BCUT2D eigenvalue weighted by atomic mass is 32.2. The van der Waals surface area contributed by atoms with Crippen molar-refractivity contribution in [2.45, 2.75) is 10.1 Å². The number of H-pyrrole nitrogens is 1. The molecule has 1 aromatic heterocycles. The van der Waals surface area contributed by atoms with Crippen LogP contribution in [-0.4, -0.2) is 20.7 Å². The van der Waals surface area contributed by atoms with Gasteiger partial charge < -0.3 is 10.7 Å². The molecule has 3 rings (SSSR count). The number of nitrogens with zero attached hydrogens (tertiary/aromatic N) is 2. The maximum Gasteiger partial charge on any atom is 0.284 e. The van der Waals surface area contributed by atoms with E-state index in [2.05, 4.69) is 9.97 Å². The second-order valence-corrected chi connectivity index (χ2v) is 6.24. The topological polar surface area (TPSA) is 132 Å². The molecule has 0 bridgehead atoms. The number of nitro groups is 1. The standard InChI is InChI=1S/C17H12N4O4S/c18-14-9-15(22)20-17(19-14)26-13-7-6-11(8-12(13)21(24)25)16(23)10-4-2-1-3-5-10/h1-9H,(H3,18,19,20,22). The lowest BCUT2D eigenvalue weighted by Gasteiger charge is -2.06. The van der Waals surface area contributed by atoms with Gasteiger partial charge in [-0.2, -0.15) is 0 Å². The Kier molecular flexibility index (Phi) is 4.81. The van der Waals surface area contributed by atoms with Crippen molar-refractivity contribution >= 4 is 29.1 Å². The van der Waals surface area contributed by atoms with E-state index < -0.39 is 10.5 Å². The number of hydrogen-bond donors (Lipinski definition) is 2. The zero-order valence-corrected chi connectivity index (χ0v) is 14.0. The summed E-state index contributed by atoms with van der Waals surface area (Å²) < 4.78 is 0. The van der Waals surface area contributed by atoms with Gasteiger partial charge >= 0.3 is 0 Å². The van der Waals surface area contributed by atoms with Crippen LogP contribution in [0.2, 0.25) is 0 Å². The molecule has 1 heterocycles. The number of nitrogen functional groups attached to an aromatic ring is 1. The molecule has 0 aliphatic heterocycles. The Morgan fingerprint density at radius 3 is 2.50 bits per heavy atom. The zero-order valence-electron chi connectivity index (χ0n) is 13.2. The molecule has 0 saturated carbocycles. The van der Waals surface area contributed by atoms with E-state index in [9.17, 15) is 19.7 Å². The molecule has 0 atom stereocenters. The van der Waals surface area contributed by atoms with E-state index in [0.717, 1.165) is 17.8 Å². The van der Waals surface area contributed by atoms with Gasteiger partial charge in [0.15, 0.2) is 10.9 Å². The number of aromatic nitrogens is 2. The third-order valence-corrected chi connectivity index (χ3v) is 4.35. The Morgan fingerprint density at radius 2 is 1.85 bits per heavy atom. The van der Waals surface area contributed by atoms with E-state index in [1.165, 1.54) is 18.2 Å². The summed E-state index contributed by atoms with van der Waals surface area (Å²) in [6.07, 6.45) is 0. The highest BCUT2D eigenvalue weighted by Gasteiger charge is 2.20. The molecular weight excluding hydrogens is 356 g/mol. The van der Waals surface area contributed by atoms with Gasteiger partial charge in [0.2, 0.25) is 0 Å². The van der Waals surface area contributed by atoms with Gasteiger partial charge in [-0.05, 0) is 23.9 Å². The van der Waals surface area contributed by atoms with Crippen LogP contribution in [0.3, 0.4) is 0 Å². The number of aromatic amines is 1. The minimum atomic E-state index is -0.589. The quantitative estimate of drug-likeness (QED) is 0.306. The van der Waals surface area contributed by atoms with Crippen LogP contribution in [0.4, 0.5) is 11.5 Å². The van der Waals surface area contributed by atoms with Gasteiger partial charge in [-0.15, -0.1) is 0 Å². The van der Waals surface area contributed by atoms with Crippen LogP contribution < -0.4 is 11.3 Å². The molecule has 130 valence electrons. The summed E-state index contributed by atoms with van der Waals surface area (Å²) in [6, 6.07) is 13.7. The first-order valence-corrected chi connectivity index (χ1v) is 8.18. The summed E-state index contributed by atoms with van der Waals surface area (Å²) in [5, 5.41) is 11.5. The molecule has 0 aliphatic rings. The third kappa shape index (κ3) is 3.78. The molecule has 3 N–H and O–H groups in total. The molecule has 3 aromatic rings. The number of rotatable bonds is 5. The monoisotopic (exact) mass is 368 g/mol. The van der Waals surface area contributed by atoms with Crippen molar-refractivity contribution in [2.24, 2.45) is 0 Å². The fraction of sp³-hybridized carbons (Fsp3) is 0. The minimum Gasteiger partial charge on any atom is -0.383 e. The second-order valence-electron chi connectivity index (χ2n) is 5.21. The van der Waals surface area contributed by atoms with Crippen molar-refractivity contribution in [3.05, 3.63) is 86.2 Å². The number of ketones is 1. The first kappa shape index (κ1) is 17.4. The largest absolute Gasteiger partial charge is 0.383 e. The third-order valence-electron chi connectivity index (χ3n) is 3.40. The van der Waals surface area contributed by atoms with Crippen molar-refractivity contribution in [1.29, 1.82) is 0 Å². The van der Waals surface area contributed by atoms with Gasteiger partial charge in [-0.1, -0.05) is 30.3 Å². The molecule has 0 aliphatic carbocycles. The predicted octanol–water partition coefficient (Wildman–Crippen LogP) is 2.64. The van der Waals surface area contributed by atoms with Crippen LogP contribution in [0.1, 0.15) is 15.9 Å². The van der Waals surface area contributed by atoms with E-state index in [-0.39, 0.29) is 32.9 Å². The Hall–Kier alpha value is -3.46. The summed E-state index contributed by atoms with van der Waals surface area (Å²) in [5.74, 6) is -0.310. The summed E-state index contributed by atoms with van der Waals surface area (Å²) >= 11 is 0.887. The summed E-state index contributed by atoms with van der Waals surface area (Å²) in [7, 11) is 0. The van der Waals surface area contributed by atoms with Crippen LogP contribution >= 0.6 is 11.8 Å². The van der Waals surface area contributed by atoms with E-state index in [0.29, 0.717) is 5.56 Å². The van der Waals surface area contributed by atoms with Gasteiger partial charge in [-0.25, -0.2) is 4.98 Å². The van der Waals surface area contributed by atoms with E-state index >= 15 is 0 Å². The Balaban J connectivity index is 1.98. The highest BCUT2D eigenvalue weighted by Crippen LogP contribution is 2.34. The normalized spacial score (nSPS) is 10.5. The van der Waals surface area contributed by atoms with Gasteiger partial charge in [0.05, 0.1) is 9.82 Å². The number of nitrogens with one attached hydrogen (secondary N) is 1. The Bertz CT molecular complexity index is 1050. The minimum absolute atomic E-state index is 0.00905. The number of nitrogens with two attached hydrogens (primary N) is 1. The highest BCUT2D eigenvalue weighted by molar-refractivity contribution is 7.99. The second kappa shape index (κ2) is 7.19. The molecule has 0 radical (unpaired) electrons. The van der Waals surface area contributed by atoms with Crippen LogP contribution in [0.25, 0.3) is 0 Å². The maximum absolute atomic E-state index is 12.5. The number of benzene rings is 2. The van der Waals surface area contributed by atoms with Crippen molar-refractivity contribution in [3.63, 3.8) is 0 Å². The summed E-state index contributed by atoms with van der Waals surface area (Å²) in [4.78, 5) is 41.4. The average Bonchev–Trinajstić information content (AvgIpc) is 2.61. The number of nitro benzene ring substituents is 1. The van der Waals surface area contributed by atoms with Crippen molar-refractivity contribution in [1.82, 2.24) is 9.97 Å². The lowest BCUT2D eigenvalue weighted by molar-refractivity contribution is -0.387. The van der Waals surface area contributed by atoms with Crippen molar-refractivity contribution in [3.8, 4) is 0 Å². The number of anilines is 1. The lowest BCUT2D eigenvalue weighted by atomic mass is 10.0. The maximum atomic E-state index is 12.5. The molecule has 0 saturated heterocycles. The molecule has 0 amide bonds. The van der Waals surface area contributed by atoms with Gasteiger partial charge in [0, 0.05) is 23.3 Å². The molecular formula is C17H12N4O4S. The Labute approximate surface area is 151 Å². The first-order chi connectivity index (χ1) is 12.4. The molecule has 8 nitrogen and oxygen atoms in total.